The predicted molar refractivity (Wildman–Crippen MR) is 87.6 cm³/mol. The third-order valence-electron chi connectivity index (χ3n) is 3.40. The summed E-state index contributed by atoms with van der Waals surface area (Å²) in [6, 6.07) is 9.02. The van der Waals surface area contributed by atoms with Crippen molar-refractivity contribution in [2.45, 2.75) is 33.4 Å². The molecule has 2 rings (SSSR count). The number of benzene rings is 1. The average Bonchev–Trinajstić information content (AvgIpc) is 2.75. The summed E-state index contributed by atoms with van der Waals surface area (Å²) in [5.74, 6) is 0. The van der Waals surface area contributed by atoms with Crippen molar-refractivity contribution in [3.05, 3.63) is 45.4 Å². The van der Waals surface area contributed by atoms with Crippen molar-refractivity contribution in [1.29, 1.82) is 0 Å². The van der Waals surface area contributed by atoms with Crippen molar-refractivity contribution in [3.63, 3.8) is 0 Å². The van der Waals surface area contributed by atoms with Crippen LogP contribution >= 0.6 is 11.3 Å². The van der Waals surface area contributed by atoms with Crippen LogP contribution in [0.2, 0.25) is 0 Å². The normalized spacial score (nSPS) is 12.4. The van der Waals surface area contributed by atoms with Crippen LogP contribution in [0.15, 0.2) is 24.3 Å². The first kappa shape index (κ1) is 15.0. The largest absolute Gasteiger partial charge is 0.378 e. The van der Waals surface area contributed by atoms with E-state index in [0.29, 0.717) is 6.04 Å². The standard InChI is InChI=1S/C16H23N3S/c1-11(16-12(2)18-13(3)20-16)17-10-14-6-8-15(9-7-14)19(4)5/h6-9,11,17H,10H2,1-5H3. The number of hydrogen-bond donors (Lipinski definition) is 1. The Labute approximate surface area is 125 Å². The minimum Gasteiger partial charge on any atom is -0.378 e. The fourth-order valence-electron chi connectivity index (χ4n) is 2.22. The smallest absolute Gasteiger partial charge is 0.0900 e. The molecule has 0 spiro atoms. The lowest BCUT2D eigenvalue weighted by molar-refractivity contribution is 0.579. The number of anilines is 1. The third-order valence-corrected chi connectivity index (χ3v) is 4.65. The molecule has 1 N–H and O–H groups in total. The highest BCUT2D eigenvalue weighted by Crippen LogP contribution is 2.24. The molecule has 1 heterocycles. The molecule has 3 nitrogen and oxygen atoms in total. The summed E-state index contributed by atoms with van der Waals surface area (Å²) in [4.78, 5) is 7.95. The van der Waals surface area contributed by atoms with E-state index in [9.17, 15) is 0 Å². The summed E-state index contributed by atoms with van der Waals surface area (Å²) < 4.78 is 0. The van der Waals surface area contributed by atoms with E-state index in [-0.39, 0.29) is 0 Å². The van der Waals surface area contributed by atoms with Crippen molar-refractivity contribution in [2.75, 3.05) is 19.0 Å². The molecule has 0 aliphatic rings. The summed E-state index contributed by atoms with van der Waals surface area (Å²) in [7, 11) is 4.12. The molecule has 1 atom stereocenters. The van der Waals surface area contributed by atoms with Crippen molar-refractivity contribution >= 4 is 17.0 Å². The van der Waals surface area contributed by atoms with Crippen LogP contribution in [0.1, 0.15) is 34.1 Å². The molecule has 0 aliphatic heterocycles. The highest BCUT2D eigenvalue weighted by molar-refractivity contribution is 7.11. The summed E-state index contributed by atoms with van der Waals surface area (Å²) in [6.45, 7) is 7.23. The van der Waals surface area contributed by atoms with Crippen LogP contribution in [-0.2, 0) is 6.54 Å². The van der Waals surface area contributed by atoms with Gasteiger partial charge in [0.25, 0.3) is 0 Å². The van der Waals surface area contributed by atoms with E-state index in [1.165, 1.54) is 16.1 Å². The first-order valence-electron chi connectivity index (χ1n) is 6.91. The number of aromatic nitrogens is 1. The maximum absolute atomic E-state index is 4.49. The third kappa shape index (κ3) is 3.58. The number of aryl methyl sites for hydroxylation is 2. The van der Waals surface area contributed by atoms with Crippen molar-refractivity contribution in [3.8, 4) is 0 Å². The highest BCUT2D eigenvalue weighted by atomic mass is 32.1. The Bertz CT molecular complexity index is 558. The van der Waals surface area contributed by atoms with Gasteiger partial charge in [-0.3, -0.25) is 0 Å². The van der Waals surface area contributed by atoms with Crippen LogP contribution in [0.5, 0.6) is 0 Å². The van der Waals surface area contributed by atoms with Gasteiger partial charge in [0.1, 0.15) is 0 Å². The van der Waals surface area contributed by atoms with Crippen molar-refractivity contribution in [1.82, 2.24) is 10.3 Å². The van der Waals surface area contributed by atoms with E-state index in [4.69, 9.17) is 0 Å². The number of rotatable bonds is 5. The minimum atomic E-state index is 0.342. The Kier molecular flexibility index (Phi) is 4.78. The van der Waals surface area contributed by atoms with Gasteiger partial charge in [0.05, 0.1) is 10.7 Å². The van der Waals surface area contributed by atoms with Crippen molar-refractivity contribution < 1.29 is 0 Å². The molecule has 0 amide bonds. The highest BCUT2D eigenvalue weighted by Gasteiger charge is 2.12. The molecular weight excluding hydrogens is 266 g/mol. The van der Waals surface area contributed by atoms with Crippen LogP contribution in [0.25, 0.3) is 0 Å². The molecule has 0 aliphatic carbocycles. The maximum atomic E-state index is 4.49. The Balaban J connectivity index is 1.96. The topological polar surface area (TPSA) is 28.2 Å². The monoisotopic (exact) mass is 289 g/mol. The van der Waals surface area contributed by atoms with Crippen LogP contribution < -0.4 is 10.2 Å². The lowest BCUT2D eigenvalue weighted by Gasteiger charge is -2.15. The molecule has 0 saturated carbocycles. The Morgan fingerprint density at radius 3 is 2.35 bits per heavy atom. The fourth-order valence-corrected chi connectivity index (χ4v) is 3.18. The number of nitrogens with one attached hydrogen (secondary N) is 1. The molecule has 1 unspecified atom stereocenters. The Morgan fingerprint density at radius 1 is 1.20 bits per heavy atom. The van der Waals surface area contributed by atoms with E-state index >= 15 is 0 Å². The van der Waals surface area contributed by atoms with E-state index in [1.54, 1.807) is 11.3 Å². The zero-order valence-corrected chi connectivity index (χ0v) is 13.7. The lowest BCUT2D eigenvalue weighted by atomic mass is 10.1. The second kappa shape index (κ2) is 6.37. The lowest BCUT2D eigenvalue weighted by Crippen LogP contribution is -2.18. The molecule has 4 heteroatoms. The summed E-state index contributed by atoms with van der Waals surface area (Å²) in [6.07, 6.45) is 0. The quantitative estimate of drug-likeness (QED) is 0.910. The molecule has 1 aromatic carbocycles. The second-order valence-electron chi connectivity index (χ2n) is 5.35. The molecule has 20 heavy (non-hydrogen) atoms. The first-order valence-corrected chi connectivity index (χ1v) is 7.72. The maximum Gasteiger partial charge on any atom is 0.0900 e. The van der Waals surface area contributed by atoms with Gasteiger partial charge in [-0.2, -0.15) is 0 Å². The van der Waals surface area contributed by atoms with Gasteiger partial charge in [-0.25, -0.2) is 4.98 Å². The van der Waals surface area contributed by atoms with Gasteiger partial charge in [-0.15, -0.1) is 11.3 Å². The van der Waals surface area contributed by atoms with E-state index in [0.717, 1.165) is 17.2 Å². The van der Waals surface area contributed by atoms with Gasteiger partial charge < -0.3 is 10.2 Å². The SMILES string of the molecule is Cc1nc(C)c(C(C)NCc2ccc(N(C)C)cc2)s1. The van der Waals surface area contributed by atoms with Gasteiger partial charge in [-0.1, -0.05) is 12.1 Å². The van der Waals surface area contributed by atoms with Gasteiger partial charge >= 0.3 is 0 Å². The zero-order chi connectivity index (χ0) is 14.7. The molecule has 0 radical (unpaired) electrons. The molecule has 0 saturated heterocycles. The van der Waals surface area contributed by atoms with Gasteiger partial charge in [-0.05, 0) is 38.5 Å². The van der Waals surface area contributed by atoms with Gasteiger partial charge in [0.15, 0.2) is 0 Å². The molecular formula is C16H23N3S. The second-order valence-corrected chi connectivity index (χ2v) is 6.58. The van der Waals surface area contributed by atoms with E-state index in [1.807, 2.05) is 0 Å². The van der Waals surface area contributed by atoms with E-state index in [2.05, 4.69) is 74.3 Å². The fraction of sp³-hybridized carbons (Fsp3) is 0.438. The van der Waals surface area contributed by atoms with Gasteiger partial charge in [0.2, 0.25) is 0 Å². The van der Waals surface area contributed by atoms with Crippen LogP contribution in [0, 0.1) is 13.8 Å². The Hall–Kier alpha value is -1.39. The first-order chi connectivity index (χ1) is 9.47. The number of nitrogens with zero attached hydrogens (tertiary/aromatic N) is 2. The number of hydrogen-bond acceptors (Lipinski definition) is 4. The van der Waals surface area contributed by atoms with Crippen molar-refractivity contribution in [2.24, 2.45) is 0 Å². The average molecular weight is 289 g/mol. The summed E-state index contributed by atoms with van der Waals surface area (Å²) in [5.41, 5.74) is 3.69. The molecule has 108 valence electrons. The molecule has 0 fully saturated rings. The molecule has 2 aromatic rings. The van der Waals surface area contributed by atoms with Crippen LogP contribution in [0.4, 0.5) is 5.69 Å². The zero-order valence-electron chi connectivity index (χ0n) is 12.9. The van der Waals surface area contributed by atoms with Crippen LogP contribution in [-0.4, -0.2) is 19.1 Å². The summed E-state index contributed by atoms with van der Waals surface area (Å²) >= 11 is 1.78. The minimum absolute atomic E-state index is 0.342. The van der Waals surface area contributed by atoms with E-state index < -0.39 is 0 Å². The molecule has 1 aromatic heterocycles. The molecule has 0 bridgehead atoms. The van der Waals surface area contributed by atoms with Crippen LogP contribution in [0.3, 0.4) is 0 Å². The van der Waals surface area contributed by atoms with Gasteiger partial charge in [0, 0.05) is 37.2 Å². The predicted octanol–water partition coefficient (Wildman–Crippen LogP) is 3.68. The summed E-state index contributed by atoms with van der Waals surface area (Å²) in [5, 5.41) is 4.72. The Morgan fingerprint density at radius 2 is 1.85 bits per heavy atom. The number of thiazole rings is 1.